The van der Waals surface area contributed by atoms with E-state index in [1.807, 2.05) is 0 Å². The van der Waals surface area contributed by atoms with Gasteiger partial charge in [-0.05, 0) is 20.8 Å². The number of carbonyl (C=O) groups is 3. The lowest BCUT2D eigenvalue weighted by molar-refractivity contribution is -0.144. The minimum atomic E-state index is -0.945. The third-order valence-corrected chi connectivity index (χ3v) is 1.96. The van der Waals surface area contributed by atoms with Crippen LogP contribution < -0.4 is 5.32 Å². The number of esters is 1. The molecule has 1 amide bonds. The van der Waals surface area contributed by atoms with E-state index in [2.05, 4.69) is 10.1 Å². The van der Waals surface area contributed by atoms with Gasteiger partial charge in [0.25, 0.3) is 0 Å². The normalized spacial score (nSPS) is 12.5. The van der Waals surface area contributed by atoms with E-state index in [0.717, 1.165) is 0 Å². The molecule has 1 N–H and O–H groups in total. The van der Waals surface area contributed by atoms with Crippen LogP contribution in [0.25, 0.3) is 0 Å². The lowest BCUT2D eigenvalue weighted by Gasteiger charge is -2.22. The molecule has 110 valence electrons. The van der Waals surface area contributed by atoms with Crippen LogP contribution in [0, 0.1) is 0 Å². The van der Waals surface area contributed by atoms with Gasteiger partial charge in [-0.1, -0.05) is 0 Å². The van der Waals surface area contributed by atoms with Crippen molar-refractivity contribution in [2.75, 3.05) is 20.8 Å². The van der Waals surface area contributed by atoms with Crippen LogP contribution in [0.4, 0.5) is 4.79 Å². The minimum Gasteiger partial charge on any atom is -0.469 e. The molecule has 0 radical (unpaired) electrons. The van der Waals surface area contributed by atoms with Crippen molar-refractivity contribution in [2.45, 2.75) is 38.8 Å². The van der Waals surface area contributed by atoms with Gasteiger partial charge in [-0.25, -0.2) is 4.79 Å². The van der Waals surface area contributed by atoms with E-state index in [-0.39, 0.29) is 6.61 Å². The smallest absolute Gasteiger partial charge is 0.408 e. The third kappa shape index (κ3) is 8.15. The van der Waals surface area contributed by atoms with E-state index in [4.69, 9.17) is 9.47 Å². The van der Waals surface area contributed by atoms with Gasteiger partial charge >= 0.3 is 12.1 Å². The molecule has 0 bridgehead atoms. The van der Waals surface area contributed by atoms with Crippen molar-refractivity contribution in [1.82, 2.24) is 5.32 Å². The number of ketones is 1. The average Bonchev–Trinajstić information content (AvgIpc) is 2.25. The van der Waals surface area contributed by atoms with Crippen LogP contribution in [0.3, 0.4) is 0 Å². The van der Waals surface area contributed by atoms with Crippen LogP contribution in [0.15, 0.2) is 0 Å². The first-order chi connectivity index (χ1) is 8.69. The summed E-state index contributed by atoms with van der Waals surface area (Å²) in [5.41, 5.74) is -0.674. The Morgan fingerprint density at radius 1 is 1.16 bits per heavy atom. The van der Waals surface area contributed by atoms with Crippen LogP contribution in [-0.4, -0.2) is 50.3 Å². The predicted octanol–water partition coefficient (Wildman–Crippen LogP) is 0.658. The van der Waals surface area contributed by atoms with Crippen molar-refractivity contribution in [2.24, 2.45) is 0 Å². The van der Waals surface area contributed by atoms with Gasteiger partial charge in [0, 0.05) is 7.11 Å². The number of alkyl carbamates (subject to hydrolysis) is 1. The van der Waals surface area contributed by atoms with E-state index in [1.165, 1.54) is 14.2 Å². The highest BCUT2D eigenvalue weighted by Gasteiger charge is 2.25. The second-order valence-corrected chi connectivity index (χ2v) is 4.87. The first-order valence-corrected chi connectivity index (χ1v) is 5.77. The van der Waals surface area contributed by atoms with Gasteiger partial charge in [0.05, 0.1) is 13.7 Å². The first kappa shape index (κ1) is 17.4. The Morgan fingerprint density at radius 2 is 1.74 bits per heavy atom. The van der Waals surface area contributed by atoms with Gasteiger partial charge in [0.1, 0.15) is 18.1 Å². The Kier molecular flexibility index (Phi) is 7.06. The molecule has 0 heterocycles. The van der Waals surface area contributed by atoms with Crippen molar-refractivity contribution >= 4 is 17.8 Å². The van der Waals surface area contributed by atoms with E-state index < -0.39 is 35.9 Å². The van der Waals surface area contributed by atoms with E-state index in [1.54, 1.807) is 20.8 Å². The van der Waals surface area contributed by atoms with Crippen LogP contribution >= 0.6 is 0 Å². The molecule has 19 heavy (non-hydrogen) atoms. The Hall–Kier alpha value is -1.63. The van der Waals surface area contributed by atoms with Crippen molar-refractivity contribution in [1.29, 1.82) is 0 Å². The largest absolute Gasteiger partial charge is 0.469 e. The first-order valence-electron chi connectivity index (χ1n) is 5.77. The Morgan fingerprint density at radius 3 is 2.16 bits per heavy atom. The van der Waals surface area contributed by atoms with E-state index >= 15 is 0 Å². The molecule has 0 aromatic rings. The van der Waals surface area contributed by atoms with Crippen molar-refractivity contribution in [3.63, 3.8) is 0 Å². The van der Waals surface area contributed by atoms with Crippen LogP contribution in [0.1, 0.15) is 27.2 Å². The summed E-state index contributed by atoms with van der Waals surface area (Å²) in [7, 11) is 2.57. The number of rotatable bonds is 6. The maximum Gasteiger partial charge on any atom is 0.408 e. The molecule has 0 aliphatic carbocycles. The summed E-state index contributed by atoms with van der Waals surface area (Å²) >= 11 is 0. The van der Waals surface area contributed by atoms with Gasteiger partial charge < -0.3 is 19.5 Å². The van der Waals surface area contributed by atoms with E-state index in [9.17, 15) is 14.4 Å². The fraction of sp³-hybridized carbons (Fsp3) is 0.750. The molecule has 1 unspecified atom stereocenters. The molecule has 0 aliphatic heterocycles. The zero-order valence-electron chi connectivity index (χ0n) is 11.9. The zero-order chi connectivity index (χ0) is 15.1. The predicted molar refractivity (Wildman–Crippen MR) is 66.7 cm³/mol. The second kappa shape index (κ2) is 7.73. The molecule has 0 fully saturated rings. The van der Waals surface area contributed by atoms with Gasteiger partial charge in [0.15, 0.2) is 5.78 Å². The number of amides is 1. The maximum absolute atomic E-state index is 11.8. The molecule has 0 rings (SSSR count). The number of Topliss-reactive ketones (excluding diaryl/α,β-unsaturated/α-hetero) is 1. The molecule has 0 saturated heterocycles. The standard InChI is InChI=1S/C12H21NO6/c1-12(2,3)19-11(16)13-8(7-17-4)9(14)6-10(15)18-5/h8H,6-7H2,1-5H3,(H,13,16). The fourth-order valence-corrected chi connectivity index (χ4v) is 1.17. The third-order valence-electron chi connectivity index (χ3n) is 1.96. The molecule has 0 aliphatic rings. The second-order valence-electron chi connectivity index (χ2n) is 4.87. The fourth-order valence-electron chi connectivity index (χ4n) is 1.17. The Labute approximate surface area is 112 Å². The van der Waals surface area contributed by atoms with Gasteiger partial charge in [-0.2, -0.15) is 0 Å². The molecule has 1 atom stereocenters. The summed E-state index contributed by atoms with van der Waals surface area (Å²) in [6, 6.07) is -0.945. The molecular weight excluding hydrogens is 254 g/mol. The van der Waals surface area contributed by atoms with Gasteiger partial charge in [-0.3, -0.25) is 9.59 Å². The topological polar surface area (TPSA) is 90.9 Å². The number of hydrogen-bond acceptors (Lipinski definition) is 6. The van der Waals surface area contributed by atoms with E-state index in [0.29, 0.717) is 0 Å². The summed E-state index contributed by atoms with van der Waals surface area (Å²) in [5, 5.41) is 2.36. The summed E-state index contributed by atoms with van der Waals surface area (Å²) in [6.45, 7) is 5.06. The number of ether oxygens (including phenoxy) is 3. The van der Waals surface area contributed by atoms with Gasteiger partial charge in [-0.15, -0.1) is 0 Å². The van der Waals surface area contributed by atoms with Gasteiger partial charge in [0.2, 0.25) is 0 Å². The summed E-state index contributed by atoms with van der Waals surface area (Å²) < 4.78 is 14.2. The summed E-state index contributed by atoms with van der Waals surface area (Å²) in [4.78, 5) is 34.3. The number of nitrogens with one attached hydrogen (secondary N) is 1. The lowest BCUT2D eigenvalue weighted by Crippen LogP contribution is -2.46. The molecule has 7 heteroatoms. The molecule has 0 spiro atoms. The summed E-state index contributed by atoms with van der Waals surface area (Å²) in [6.07, 6.45) is -1.17. The molecular formula is C12H21NO6. The monoisotopic (exact) mass is 275 g/mol. The van der Waals surface area contributed by atoms with Crippen molar-refractivity contribution < 1.29 is 28.6 Å². The summed E-state index contributed by atoms with van der Waals surface area (Å²) in [5.74, 6) is -1.17. The quantitative estimate of drug-likeness (QED) is 0.565. The highest BCUT2D eigenvalue weighted by Crippen LogP contribution is 2.07. The lowest BCUT2D eigenvalue weighted by atomic mass is 10.1. The minimum absolute atomic E-state index is 0.0466. The van der Waals surface area contributed by atoms with Crippen LogP contribution in [0.5, 0.6) is 0 Å². The van der Waals surface area contributed by atoms with Crippen molar-refractivity contribution in [3.05, 3.63) is 0 Å². The van der Waals surface area contributed by atoms with Crippen LogP contribution in [-0.2, 0) is 23.8 Å². The number of hydrogen-bond donors (Lipinski definition) is 1. The zero-order valence-corrected chi connectivity index (χ0v) is 11.9. The SMILES string of the molecule is COCC(NC(=O)OC(C)(C)C)C(=O)CC(=O)OC. The van der Waals surface area contributed by atoms with Crippen LogP contribution in [0.2, 0.25) is 0 Å². The molecule has 7 nitrogen and oxygen atoms in total. The molecule has 0 saturated carbocycles. The Bertz CT molecular complexity index is 334. The number of methoxy groups -OCH3 is 2. The number of carbonyl (C=O) groups excluding carboxylic acids is 3. The highest BCUT2D eigenvalue weighted by molar-refractivity contribution is 5.99. The Balaban J connectivity index is 4.52. The average molecular weight is 275 g/mol. The maximum atomic E-state index is 11.8. The highest BCUT2D eigenvalue weighted by atomic mass is 16.6. The van der Waals surface area contributed by atoms with Crippen molar-refractivity contribution in [3.8, 4) is 0 Å². The molecule has 0 aromatic carbocycles. The molecule has 0 aromatic heterocycles.